The van der Waals surface area contributed by atoms with Gasteiger partial charge >= 0.3 is 0 Å². The van der Waals surface area contributed by atoms with E-state index in [2.05, 4.69) is 5.10 Å². The fourth-order valence-corrected chi connectivity index (χ4v) is 1.85. The van der Waals surface area contributed by atoms with E-state index in [0.29, 0.717) is 0 Å². The molecule has 0 bridgehead atoms. The quantitative estimate of drug-likeness (QED) is 0.878. The number of aliphatic hydroxyl groups is 1. The minimum atomic E-state index is -0.645. The topological polar surface area (TPSA) is 47.3 Å². The zero-order chi connectivity index (χ0) is 12.4. The number of benzene rings is 1. The van der Waals surface area contributed by atoms with E-state index in [4.69, 9.17) is 4.74 Å². The van der Waals surface area contributed by atoms with Crippen LogP contribution in [-0.2, 0) is 7.05 Å². The molecule has 2 rings (SSSR count). The third-order valence-electron chi connectivity index (χ3n) is 2.78. The molecule has 0 aliphatic rings. The molecule has 0 amide bonds. The maximum Gasteiger partial charge on any atom is 0.121 e. The lowest BCUT2D eigenvalue weighted by Crippen LogP contribution is -1.99. The van der Waals surface area contributed by atoms with Gasteiger partial charge in [-0.3, -0.25) is 4.68 Å². The third kappa shape index (κ3) is 2.31. The lowest BCUT2D eigenvalue weighted by atomic mass is 10.0. The molecule has 0 aliphatic carbocycles. The van der Waals surface area contributed by atoms with Crippen molar-refractivity contribution in [2.75, 3.05) is 7.11 Å². The van der Waals surface area contributed by atoms with E-state index < -0.39 is 6.10 Å². The molecule has 1 aromatic carbocycles. The van der Waals surface area contributed by atoms with E-state index in [0.717, 1.165) is 22.4 Å². The molecular weight excluding hydrogens is 216 g/mol. The van der Waals surface area contributed by atoms with Crippen molar-refractivity contribution in [2.24, 2.45) is 7.05 Å². The van der Waals surface area contributed by atoms with Crippen LogP contribution in [0.1, 0.15) is 22.8 Å². The predicted molar refractivity (Wildman–Crippen MR) is 65.0 cm³/mol. The van der Waals surface area contributed by atoms with Crippen molar-refractivity contribution in [2.45, 2.75) is 13.0 Å². The van der Waals surface area contributed by atoms with Gasteiger partial charge in [0.15, 0.2) is 0 Å². The summed E-state index contributed by atoms with van der Waals surface area (Å²) in [7, 11) is 3.47. The summed E-state index contributed by atoms with van der Waals surface area (Å²) in [6.07, 6.45) is 2.84. The van der Waals surface area contributed by atoms with Crippen LogP contribution in [-0.4, -0.2) is 22.0 Å². The number of aliphatic hydroxyl groups excluding tert-OH is 1. The zero-order valence-corrected chi connectivity index (χ0v) is 10.2. The van der Waals surface area contributed by atoms with Gasteiger partial charge in [0.2, 0.25) is 0 Å². The van der Waals surface area contributed by atoms with Gasteiger partial charge in [-0.15, -0.1) is 0 Å². The summed E-state index contributed by atoms with van der Waals surface area (Å²) in [5.74, 6) is 0.826. The summed E-state index contributed by atoms with van der Waals surface area (Å²) in [4.78, 5) is 0. The number of aromatic nitrogens is 2. The molecule has 4 heteroatoms. The van der Waals surface area contributed by atoms with Gasteiger partial charge < -0.3 is 9.84 Å². The van der Waals surface area contributed by atoms with Crippen molar-refractivity contribution in [1.29, 1.82) is 0 Å². The molecular formula is C13H16N2O2. The molecule has 0 aliphatic heterocycles. The van der Waals surface area contributed by atoms with Crippen LogP contribution in [0.25, 0.3) is 0 Å². The highest BCUT2D eigenvalue weighted by Crippen LogP contribution is 2.26. The van der Waals surface area contributed by atoms with Crippen molar-refractivity contribution in [3.8, 4) is 5.75 Å². The second-order valence-electron chi connectivity index (χ2n) is 4.08. The van der Waals surface area contributed by atoms with Gasteiger partial charge in [0, 0.05) is 18.8 Å². The molecule has 0 spiro atoms. The van der Waals surface area contributed by atoms with Crippen molar-refractivity contribution in [3.05, 3.63) is 47.3 Å². The van der Waals surface area contributed by atoms with Crippen LogP contribution in [0.2, 0.25) is 0 Å². The van der Waals surface area contributed by atoms with E-state index in [1.807, 2.05) is 38.4 Å². The first kappa shape index (κ1) is 11.7. The summed E-state index contributed by atoms with van der Waals surface area (Å²) >= 11 is 0. The fourth-order valence-electron chi connectivity index (χ4n) is 1.85. The molecule has 4 nitrogen and oxygen atoms in total. The van der Waals surface area contributed by atoms with E-state index in [1.54, 1.807) is 18.0 Å². The zero-order valence-electron chi connectivity index (χ0n) is 10.2. The Morgan fingerprint density at radius 2 is 2.12 bits per heavy atom. The average molecular weight is 232 g/mol. The van der Waals surface area contributed by atoms with Crippen LogP contribution in [0.5, 0.6) is 5.75 Å². The van der Waals surface area contributed by atoms with Crippen molar-refractivity contribution >= 4 is 0 Å². The van der Waals surface area contributed by atoms with Gasteiger partial charge in [-0.2, -0.15) is 5.10 Å². The molecule has 2 aromatic rings. The fraction of sp³-hybridized carbons (Fsp3) is 0.308. The first-order valence-corrected chi connectivity index (χ1v) is 5.43. The molecule has 90 valence electrons. The lowest BCUT2D eigenvalue weighted by molar-refractivity contribution is 0.220. The Hall–Kier alpha value is -1.81. The summed E-state index contributed by atoms with van der Waals surface area (Å²) in [6.45, 7) is 1.96. The van der Waals surface area contributed by atoms with Crippen LogP contribution in [0.4, 0.5) is 0 Å². The summed E-state index contributed by atoms with van der Waals surface area (Å²) in [5.41, 5.74) is 2.64. The minimum absolute atomic E-state index is 0.645. The van der Waals surface area contributed by atoms with Gasteiger partial charge in [0.05, 0.1) is 13.3 Å². The lowest BCUT2D eigenvalue weighted by Gasteiger charge is -2.11. The van der Waals surface area contributed by atoms with Crippen LogP contribution >= 0.6 is 0 Å². The third-order valence-corrected chi connectivity index (χ3v) is 2.78. The highest BCUT2D eigenvalue weighted by Gasteiger charge is 2.13. The number of methoxy groups -OCH3 is 1. The molecule has 0 fully saturated rings. The van der Waals surface area contributed by atoms with Gasteiger partial charge in [0.1, 0.15) is 11.9 Å². The smallest absolute Gasteiger partial charge is 0.121 e. The predicted octanol–water partition coefficient (Wildman–Crippen LogP) is 1.82. The number of nitrogens with zero attached hydrogens (tertiary/aromatic N) is 2. The Morgan fingerprint density at radius 3 is 2.65 bits per heavy atom. The first-order chi connectivity index (χ1) is 8.11. The van der Waals surface area contributed by atoms with Crippen molar-refractivity contribution in [1.82, 2.24) is 9.78 Å². The van der Waals surface area contributed by atoms with Crippen LogP contribution < -0.4 is 4.74 Å². The van der Waals surface area contributed by atoms with Gasteiger partial charge in [0.25, 0.3) is 0 Å². The highest BCUT2D eigenvalue weighted by atomic mass is 16.5. The van der Waals surface area contributed by atoms with Gasteiger partial charge in [-0.05, 0) is 30.2 Å². The standard InChI is InChI=1S/C13H16N2O2/c1-9-6-10(4-5-12(9)17-3)13(16)11-7-14-15(2)8-11/h4-8,13,16H,1-3H3. The molecule has 1 atom stereocenters. The number of rotatable bonds is 3. The molecule has 1 N–H and O–H groups in total. The second kappa shape index (κ2) is 4.59. The van der Waals surface area contributed by atoms with Crippen LogP contribution in [0.3, 0.4) is 0 Å². The molecule has 0 saturated heterocycles. The Kier molecular flexibility index (Phi) is 3.15. The molecule has 17 heavy (non-hydrogen) atoms. The van der Waals surface area contributed by atoms with E-state index in [-0.39, 0.29) is 0 Å². The number of aryl methyl sites for hydroxylation is 2. The second-order valence-corrected chi connectivity index (χ2v) is 4.08. The largest absolute Gasteiger partial charge is 0.496 e. The van der Waals surface area contributed by atoms with Crippen molar-refractivity contribution in [3.63, 3.8) is 0 Å². The Balaban J connectivity index is 2.31. The number of hydrogen-bond donors (Lipinski definition) is 1. The summed E-state index contributed by atoms with van der Waals surface area (Å²) in [6, 6.07) is 5.66. The highest BCUT2D eigenvalue weighted by molar-refractivity contribution is 5.39. The average Bonchev–Trinajstić information content (AvgIpc) is 2.75. The maximum absolute atomic E-state index is 10.2. The van der Waals surface area contributed by atoms with E-state index >= 15 is 0 Å². The number of ether oxygens (including phenoxy) is 1. The molecule has 0 radical (unpaired) electrons. The minimum Gasteiger partial charge on any atom is -0.496 e. The maximum atomic E-state index is 10.2. The molecule has 1 heterocycles. The normalized spacial score (nSPS) is 12.5. The summed E-state index contributed by atoms with van der Waals surface area (Å²) in [5, 5.41) is 14.3. The Morgan fingerprint density at radius 1 is 1.35 bits per heavy atom. The SMILES string of the molecule is COc1ccc(C(O)c2cnn(C)c2)cc1C. The summed E-state index contributed by atoms with van der Waals surface area (Å²) < 4.78 is 6.87. The Bertz CT molecular complexity index is 520. The van der Waals surface area contributed by atoms with Gasteiger partial charge in [-0.1, -0.05) is 6.07 Å². The van der Waals surface area contributed by atoms with E-state index in [9.17, 15) is 5.11 Å². The Labute approximate surface area is 100 Å². The van der Waals surface area contributed by atoms with E-state index in [1.165, 1.54) is 0 Å². The van der Waals surface area contributed by atoms with Crippen LogP contribution in [0, 0.1) is 6.92 Å². The van der Waals surface area contributed by atoms with Crippen molar-refractivity contribution < 1.29 is 9.84 Å². The number of hydrogen-bond acceptors (Lipinski definition) is 3. The first-order valence-electron chi connectivity index (χ1n) is 5.43. The molecule has 1 unspecified atom stereocenters. The van der Waals surface area contributed by atoms with Gasteiger partial charge in [-0.25, -0.2) is 0 Å². The monoisotopic (exact) mass is 232 g/mol. The molecule has 1 aromatic heterocycles. The molecule has 0 saturated carbocycles. The van der Waals surface area contributed by atoms with Crippen LogP contribution in [0.15, 0.2) is 30.6 Å².